The lowest BCUT2D eigenvalue weighted by molar-refractivity contribution is -0.118. The predicted octanol–water partition coefficient (Wildman–Crippen LogP) is 3.48. The Morgan fingerprint density at radius 3 is 2.28 bits per heavy atom. The van der Waals surface area contributed by atoms with Crippen molar-refractivity contribution in [2.24, 2.45) is 0 Å². The minimum absolute atomic E-state index is 0.177. The number of methoxy groups -OCH3 is 2. The Balaban J connectivity index is 1.51. The van der Waals surface area contributed by atoms with Crippen LogP contribution >= 0.6 is 0 Å². The molecule has 1 heterocycles. The summed E-state index contributed by atoms with van der Waals surface area (Å²) in [5, 5.41) is 2.70. The van der Waals surface area contributed by atoms with Gasteiger partial charge in [0.05, 0.1) is 31.0 Å². The number of nitrogens with one attached hydrogen (secondary N) is 2. The molecular weight excluding hydrogens is 468 g/mol. The fraction of sp³-hybridized carbons (Fsp3) is 0.231. The molecular formula is C26H26N2O8. The van der Waals surface area contributed by atoms with Gasteiger partial charge in [0.1, 0.15) is 11.5 Å². The molecule has 10 nitrogen and oxygen atoms in total. The number of hydrogen-bond donors (Lipinski definition) is 2. The van der Waals surface area contributed by atoms with Crippen molar-refractivity contribution < 1.29 is 38.1 Å². The van der Waals surface area contributed by atoms with Crippen molar-refractivity contribution in [3.63, 3.8) is 0 Å². The molecule has 188 valence electrons. The number of ketones is 1. The lowest BCUT2D eigenvalue weighted by atomic mass is 10.1. The van der Waals surface area contributed by atoms with Crippen LogP contribution in [0.4, 0.5) is 5.69 Å². The van der Waals surface area contributed by atoms with Crippen LogP contribution in [0, 0.1) is 13.8 Å². The van der Waals surface area contributed by atoms with Crippen molar-refractivity contribution in [3.8, 4) is 11.5 Å². The van der Waals surface area contributed by atoms with Crippen LogP contribution in [-0.4, -0.2) is 56.0 Å². The zero-order valence-electron chi connectivity index (χ0n) is 20.3. The van der Waals surface area contributed by atoms with Gasteiger partial charge in [0.25, 0.3) is 5.91 Å². The number of anilines is 1. The first kappa shape index (κ1) is 26.0. The van der Waals surface area contributed by atoms with Crippen LogP contribution in [-0.2, 0) is 14.3 Å². The van der Waals surface area contributed by atoms with Gasteiger partial charge in [-0.1, -0.05) is 6.07 Å². The molecule has 0 radical (unpaired) electrons. The van der Waals surface area contributed by atoms with Gasteiger partial charge in [-0.25, -0.2) is 9.59 Å². The molecule has 0 aliphatic heterocycles. The maximum atomic E-state index is 12.5. The lowest BCUT2D eigenvalue weighted by Gasteiger charge is -2.09. The smallest absolute Gasteiger partial charge is 0.339 e. The van der Waals surface area contributed by atoms with Crippen molar-refractivity contribution in [1.82, 2.24) is 4.98 Å². The molecule has 0 bridgehead atoms. The Kier molecular flexibility index (Phi) is 8.45. The Bertz CT molecular complexity index is 1280. The molecule has 0 aliphatic rings. The first-order valence-corrected chi connectivity index (χ1v) is 10.9. The van der Waals surface area contributed by atoms with Gasteiger partial charge in [0.2, 0.25) is 5.78 Å². The van der Waals surface area contributed by atoms with Crippen LogP contribution in [0.1, 0.15) is 42.5 Å². The second-order valence-electron chi connectivity index (χ2n) is 7.71. The van der Waals surface area contributed by atoms with Crippen molar-refractivity contribution >= 4 is 29.3 Å². The summed E-state index contributed by atoms with van der Waals surface area (Å²) in [5.41, 5.74) is 2.14. The van der Waals surface area contributed by atoms with Gasteiger partial charge in [0.15, 0.2) is 13.2 Å². The van der Waals surface area contributed by atoms with Gasteiger partial charge in [-0.3, -0.25) is 9.59 Å². The van der Waals surface area contributed by atoms with Crippen LogP contribution in [0.2, 0.25) is 0 Å². The van der Waals surface area contributed by atoms with E-state index in [1.54, 1.807) is 38.1 Å². The second-order valence-corrected chi connectivity index (χ2v) is 7.71. The van der Waals surface area contributed by atoms with E-state index < -0.39 is 24.3 Å². The molecule has 3 rings (SSSR count). The van der Waals surface area contributed by atoms with Crippen LogP contribution in [0.5, 0.6) is 11.5 Å². The maximum Gasteiger partial charge on any atom is 0.339 e. The van der Waals surface area contributed by atoms with Crippen molar-refractivity contribution in [1.29, 1.82) is 0 Å². The third kappa shape index (κ3) is 6.29. The summed E-state index contributed by atoms with van der Waals surface area (Å²) in [5.74, 6) is -1.13. The first-order chi connectivity index (χ1) is 17.2. The molecule has 2 aromatic carbocycles. The van der Waals surface area contributed by atoms with Crippen molar-refractivity contribution in [2.45, 2.75) is 13.8 Å². The van der Waals surface area contributed by atoms with E-state index in [4.69, 9.17) is 18.9 Å². The van der Waals surface area contributed by atoms with Crippen molar-refractivity contribution in [2.75, 3.05) is 32.8 Å². The number of esters is 2. The van der Waals surface area contributed by atoms with Crippen LogP contribution in [0.25, 0.3) is 0 Å². The third-order valence-electron chi connectivity index (χ3n) is 5.25. The molecule has 0 spiro atoms. The molecule has 3 aromatic rings. The summed E-state index contributed by atoms with van der Waals surface area (Å²) >= 11 is 0. The second kappa shape index (κ2) is 11.7. The quantitative estimate of drug-likeness (QED) is 0.323. The topological polar surface area (TPSA) is 133 Å². The molecule has 0 unspecified atom stereocenters. The van der Waals surface area contributed by atoms with E-state index in [0.29, 0.717) is 28.4 Å². The zero-order valence-corrected chi connectivity index (χ0v) is 20.3. The van der Waals surface area contributed by atoms with E-state index in [1.165, 1.54) is 38.5 Å². The van der Waals surface area contributed by atoms with E-state index in [-0.39, 0.29) is 29.3 Å². The molecule has 2 N–H and O–H groups in total. The average Bonchev–Trinajstić information content (AvgIpc) is 3.19. The normalized spacial score (nSPS) is 10.3. The fourth-order valence-corrected chi connectivity index (χ4v) is 3.46. The highest BCUT2D eigenvalue weighted by Crippen LogP contribution is 2.20. The van der Waals surface area contributed by atoms with Gasteiger partial charge in [0, 0.05) is 17.4 Å². The number of hydrogen-bond acceptors (Lipinski definition) is 8. The number of aromatic amines is 1. The number of ether oxygens (including phenoxy) is 4. The highest BCUT2D eigenvalue weighted by atomic mass is 16.5. The first-order valence-electron chi connectivity index (χ1n) is 10.9. The molecule has 1 amide bonds. The monoisotopic (exact) mass is 494 g/mol. The number of aryl methyl sites for hydroxylation is 1. The van der Waals surface area contributed by atoms with E-state index >= 15 is 0 Å². The number of carbonyl (C=O) groups excluding carboxylic acids is 4. The Labute approximate surface area is 207 Å². The molecule has 0 atom stereocenters. The minimum atomic E-state index is -0.709. The SMILES string of the molecule is COC(=O)c1c(C)[nH]c(C(=O)COC(=O)c2ccc(OCC(=O)Nc3cccc(OC)c3)cc2)c1C. The number of H-pyrrole nitrogens is 1. The molecule has 10 heteroatoms. The number of rotatable bonds is 10. The number of Topliss-reactive ketones (excluding diaryl/α,β-unsaturated/α-hetero) is 1. The molecule has 36 heavy (non-hydrogen) atoms. The van der Waals surface area contributed by atoms with Gasteiger partial charge in [-0.15, -0.1) is 0 Å². The Hall–Kier alpha value is -4.60. The Morgan fingerprint density at radius 2 is 1.61 bits per heavy atom. The minimum Gasteiger partial charge on any atom is -0.497 e. The summed E-state index contributed by atoms with van der Waals surface area (Å²) in [6.07, 6.45) is 0. The number of aromatic nitrogens is 1. The van der Waals surface area contributed by atoms with Gasteiger partial charge in [-0.2, -0.15) is 0 Å². The summed E-state index contributed by atoms with van der Waals surface area (Å²) in [7, 11) is 2.79. The maximum absolute atomic E-state index is 12.5. The largest absolute Gasteiger partial charge is 0.497 e. The number of amides is 1. The molecule has 1 aromatic heterocycles. The summed E-state index contributed by atoms with van der Waals surface area (Å²) in [4.78, 5) is 51.7. The lowest BCUT2D eigenvalue weighted by Crippen LogP contribution is -2.20. The highest BCUT2D eigenvalue weighted by Gasteiger charge is 2.23. The van der Waals surface area contributed by atoms with Gasteiger partial charge in [-0.05, 0) is 55.8 Å². The van der Waals surface area contributed by atoms with Crippen molar-refractivity contribution in [3.05, 3.63) is 76.6 Å². The zero-order chi connectivity index (χ0) is 26.2. The summed E-state index contributed by atoms with van der Waals surface area (Å²) < 4.78 is 20.4. The predicted molar refractivity (Wildman–Crippen MR) is 130 cm³/mol. The number of carbonyl (C=O) groups is 4. The molecule has 0 fully saturated rings. The van der Waals surface area contributed by atoms with Gasteiger partial charge < -0.3 is 29.2 Å². The highest BCUT2D eigenvalue weighted by molar-refractivity contribution is 6.03. The standard InChI is InChI=1S/C26H26N2O8/c1-15-23(26(32)34-4)16(2)27-24(15)21(29)13-36-25(31)17-8-10-19(11-9-17)35-14-22(30)28-18-6-5-7-20(12-18)33-3/h5-12,27H,13-14H2,1-4H3,(H,28,30). The summed E-state index contributed by atoms with van der Waals surface area (Å²) in [6, 6.07) is 12.9. The van der Waals surface area contributed by atoms with E-state index in [2.05, 4.69) is 10.3 Å². The molecule has 0 saturated heterocycles. The van der Waals surface area contributed by atoms with Gasteiger partial charge >= 0.3 is 11.9 Å². The fourth-order valence-electron chi connectivity index (χ4n) is 3.46. The van der Waals surface area contributed by atoms with Crippen LogP contribution in [0.15, 0.2) is 48.5 Å². The summed E-state index contributed by atoms with van der Waals surface area (Å²) in [6.45, 7) is 2.51. The molecule has 0 aliphatic carbocycles. The van der Waals surface area contributed by atoms with E-state index in [0.717, 1.165) is 0 Å². The van der Waals surface area contributed by atoms with Crippen LogP contribution in [0.3, 0.4) is 0 Å². The molecule has 0 saturated carbocycles. The van der Waals surface area contributed by atoms with E-state index in [9.17, 15) is 19.2 Å². The third-order valence-corrected chi connectivity index (χ3v) is 5.25. The van der Waals surface area contributed by atoms with E-state index in [1.807, 2.05) is 0 Å². The van der Waals surface area contributed by atoms with Crippen LogP contribution < -0.4 is 14.8 Å². The number of benzene rings is 2. The Morgan fingerprint density at radius 1 is 0.889 bits per heavy atom. The average molecular weight is 495 g/mol.